The summed E-state index contributed by atoms with van der Waals surface area (Å²) in [5.74, 6) is -5.03. The highest BCUT2D eigenvalue weighted by molar-refractivity contribution is 8.45. The number of nitrogens with one attached hydrogen (secondary N) is 1. The van der Waals surface area contributed by atoms with E-state index in [0.717, 1.165) is 17.3 Å². The van der Waals surface area contributed by atoms with Crippen LogP contribution in [0.2, 0.25) is 0 Å². The summed E-state index contributed by atoms with van der Waals surface area (Å²) in [4.78, 5) is 49.0. The Labute approximate surface area is 266 Å². The maximum atomic E-state index is 14.5. The first-order valence-electron chi connectivity index (χ1n) is 14.6. The number of alkyl halides is 2. The molecule has 2 fully saturated rings. The summed E-state index contributed by atoms with van der Waals surface area (Å²) in [6.07, 6.45) is 0.722. The predicted octanol–water partition coefficient (Wildman–Crippen LogP) is 6.66. The van der Waals surface area contributed by atoms with Crippen LogP contribution in [0.1, 0.15) is 71.5 Å². The van der Waals surface area contributed by atoms with E-state index in [1.165, 1.54) is 13.1 Å². The van der Waals surface area contributed by atoms with Crippen LogP contribution in [0.15, 0.2) is 47.8 Å². The molecule has 3 atom stereocenters. The molecule has 2 heterocycles. The summed E-state index contributed by atoms with van der Waals surface area (Å²) >= 11 is 0. The van der Waals surface area contributed by atoms with Gasteiger partial charge in [0.1, 0.15) is 16.5 Å². The van der Waals surface area contributed by atoms with Gasteiger partial charge in [-0.05, 0) is 64.8 Å². The van der Waals surface area contributed by atoms with Gasteiger partial charge in [-0.3, -0.25) is 29.4 Å². The zero-order chi connectivity index (χ0) is 35.3. The second kappa shape index (κ2) is 11.5. The Morgan fingerprint density at radius 3 is 2.17 bits per heavy atom. The molecule has 3 amide bonds. The molecule has 2 N–H and O–H groups in total. The van der Waals surface area contributed by atoms with Crippen molar-refractivity contribution in [3.05, 3.63) is 48.5 Å². The van der Waals surface area contributed by atoms with E-state index in [1.54, 1.807) is 20.8 Å². The number of β-amino-alcohol motifs (C(OH)–C–C–N with tert-alkyl or cyclic N) is 1. The van der Waals surface area contributed by atoms with E-state index in [-0.39, 0.29) is 30.7 Å². The molecule has 0 radical (unpaired) electrons. The van der Waals surface area contributed by atoms with E-state index in [0.29, 0.717) is 17.0 Å². The quantitative estimate of drug-likeness (QED) is 0.310. The number of likely N-dealkylation sites (tertiary alicyclic amines) is 1. The van der Waals surface area contributed by atoms with E-state index in [9.17, 15) is 47.7 Å². The van der Waals surface area contributed by atoms with Crippen LogP contribution in [0.5, 0.6) is 0 Å². The predicted molar refractivity (Wildman–Crippen MR) is 157 cm³/mol. The third kappa shape index (κ3) is 9.03. The first kappa shape index (κ1) is 36.2. The molecule has 1 aromatic heterocycles. The molecule has 0 bridgehead atoms. The summed E-state index contributed by atoms with van der Waals surface area (Å²) in [7, 11) is -10.2. The highest BCUT2D eigenvalue weighted by Gasteiger charge is 2.65. The van der Waals surface area contributed by atoms with Gasteiger partial charge in [0.15, 0.2) is 6.04 Å². The number of aliphatic hydroxyl groups is 1. The molecule has 1 aliphatic heterocycles. The van der Waals surface area contributed by atoms with Crippen molar-refractivity contribution in [3.8, 4) is 0 Å². The number of ether oxygens (including phenoxy) is 1. The zero-order valence-corrected chi connectivity index (χ0v) is 26.8. The zero-order valence-electron chi connectivity index (χ0n) is 25.9. The van der Waals surface area contributed by atoms with Crippen molar-refractivity contribution in [2.45, 2.75) is 99.9 Å². The van der Waals surface area contributed by atoms with Crippen LogP contribution in [-0.4, -0.2) is 73.6 Å². The van der Waals surface area contributed by atoms with Gasteiger partial charge in [-0.1, -0.05) is 19.4 Å². The Bertz CT molecular complexity index is 1500. The second-order valence-electron chi connectivity index (χ2n) is 13.2. The van der Waals surface area contributed by atoms with E-state index in [4.69, 9.17) is 4.74 Å². The fourth-order valence-corrected chi connectivity index (χ4v) is 6.18. The summed E-state index contributed by atoms with van der Waals surface area (Å²) < 4.78 is 101. The summed E-state index contributed by atoms with van der Waals surface area (Å²) in [5, 5.41) is 13.5. The van der Waals surface area contributed by atoms with Crippen LogP contribution in [0.4, 0.5) is 38.7 Å². The number of hydrogen-bond acceptors (Lipinski definition) is 7. The van der Waals surface area contributed by atoms with Gasteiger partial charge in [-0.15, -0.1) is 0 Å². The Hall–Kier alpha value is -3.67. The monoisotopic (exact) mass is 699 g/mol. The van der Waals surface area contributed by atoms with Gasteiger partial charge in [-0.25, -0.2) is 13.6 Å². The number of rotatable bonds is 7. The molecule has 2 aromatic rings. The molecule has 262 valence electrons. The lowest BCUT2D eigenvalue weighted by molar-refractivity contribution is -0.129. The standard InChI is InChI=1S/C29H36F7N5O5S/c1-27(2,3)46-26(44)40-17-28(4,45)15-22(40)25(43)41(19-5-7-20(8-6-19)47(32,33,34,35)36)23(21-16-37-13-14-38-21)24(42)39-18-9-11-29(30,31)12-10-18/h5-8,13-14,16,18,22-23,45H,9-12,15,17H2,1-4H3,(H,39,42)/t22-,23?,28-/m1/s1. The van der Waals surface area contributed by atoms with Crippen LogP contribution >= 0.6 is 10.2 Å². The molecule has 18 heteroatoms. The lowest BCUT2D eigenvalue weighted by atomic mass is 9.92. The molecule has 47 heavy (non-hydrogen) atoms. The maximum absolute atomic E-state index is 14.5. The number of halogens is 7. The topological polar surface area (TPSA) is 125 Å². The van der Waals surface area contributed by atoms with Crippen molar-refractivity contribution < 1.29 is 52.4 Å². The first-order chi connectivity index (χ1) is 21.3. The number of nitrogens with zero attached hydrogens (tertiary/aromatic N) is 4. The number of carbonyl (C=O) groups is 3. The number of anilines is 1. The normalized spacial score (nSPS) is 24.1. The number of aromatic nitrogens is 2. The third-order valence-electron chi connectivity index (χ3n) is 7.66. The minimum Gasteiger partial charge on any atom is -0.444 e. The van der Waals surface area contributed by atoms with Crippen molar-refractivity contribution in [2.24, 2.45) is 0 Å². The van der Waals surface area contributed by atoms with Crippen LogP contribution in [0, 0.1) is 0 Å². The summed E-state index contributed by atoms with van der Waals surface area (Å²) in [5.41, 5.74) is -3.40. The van der Waals surface area contributed by atoms with Crippen LogP contribution in [0.25, 0.3) is 0 Å². The SMILES string of the molecule is CC(C)(C)OC(=O)N1C[C@](C)(O)C[C@@H]1C(=O)N(c1ccc(S(F)(F)(F)(F)F)cc1)C(C(=O)NC1CCC(F)(F)CC1)c1cnccn1. The molecule has 1 saturated heterocycles. The maximum Gasteiger partial charge on any atom is 0.411 e. The molecule has 1 unspecified atom stereocenters. The molecule has 4 rings (SSSR count). The van der Waals surface area contributed by atoms with Crippen molar-refractivity contribution in [2.75, 3.05) is 11.4 Å². The van der Waals surface area contributed by atoms with E-state index in [1.807, 2.05) is 0 Å². The molecule has 2 aliphatic rings. The van der Waals surface area contributed by atoms with E-state index < -0.39 is 99.8 Å². The average Bonchev–Trinajstić information content (AvgIpc) is 3.26. The number of amides is 3. The van der Waals surface area contributed by atoms with Crippen LogP contribution < -0.4 is 10.2 Å². The average molecular weight is 700 g/mol. The molecule has 10 nitrogen and oxygen atoms in total. The highest BCUT2D eigenvalue weighted by atomic mass is 32.5. The van der Waals surface area contributed by atoms with Crippen molar-refractivity contribution in [1.82, 2.24) is 20.2 Å². The number of carbonyl (C=O) groups excluding carboxylic acids is 3. The molecule has 1 aliphatic carbocycles. The summed E-state index contributed by atoms with van der Waals surface area (Å²) in [6, 6.07) is -2.93. The van der Waals surface area contributed by atoms with Gasteiger partial charge in [0.2, 0.25) is 11.8 Å². The van der Waals surface area contributed by atoms with Crippen molar-refractivity contribution >= 4 is 33.8 Å². The van der Waals surface area contributed by atoms with Crippen molar-refractivity contribution in [1.29, 1.82) is 0 Å². The Balaban J connectivity index is 1.84. The first-order valence-corrected chi connectivity index (χ1v) is 16.5. The van der Waals surface area contributed by atoms with Crippen LogP contribution in [0.3, 0.4) is 0 Å². The molecule has 1 saturated carbocycles. The fourth-order valence-electron chi connectivity index (χ4n) is 5.53. The Kier molecular flexibility index (Phi) is 8.84. The molecular formula is C29H36F7N5O5S. The lowest BCUT2D eigenvalue weighted by Crippen LogP contribution is -2.54. The summed E-state index contributed by atoms with van der Waals surface area (Å²) in [6.45, 7) is 5.58. The largest absolute Gasteiger partial charge is 0.444 e. The number of benzene rings is 1. The Morgan fingerprint density at radius 2 is 1.66 bits per heavy atom. The van der Waals surface area contributed by atoms with Crippen molar-refractivity contribution in [3.63, 3.8) is 0 Å². The van der Waals surface area contributed by atoms with Gasteiger partial charge in [0.25, 0.3) is 5.91 Å². The fraction of sp³-hybridized carbons (Fsp3) is 0.552. The van der Waals surface area contributed by atoms with Gasteiger partial charge >= 0.3 is 16.3 Å². The lowest BCUT2D eigenvalue weighted by Gasteiger charge is -2.41. The molecule has 1 aromatic carbocycles. The second-order valence-corrected chi connectivity index (χ2v) is 15.6. The third-order valence-corrected chi connectivity index (χ3v) is 8.83. The number of hydrogen-bond donors (Lipinski definition) is 2. The smallest absolute Gasteiger partial charge is 0.411 e. The van der Waals surface area contributed by atoms with E-state index >= 15 is 0 Å². The van der Waals surface area contributed by atoms with Gasteiger partial charge in [-0.2, -0.15) is 0 Å². The highest BCUT2D eigenvalue weighted by Crippen LogP contribution is 3.02. The minimum atomic E-state index is -10.2. The molecule has 0 spiro atoms. The van der Waals surface area contributed by atoms with E-state index in [2.05, 4.69) is 15.3 Å². The van der Waals surface area contributed by atoms with Gasteiger partial charge < -0.3 is 15.2 Å². The van der Waals surface area contributed by atoms with Gasteiger partial charge in [0, 0.05) is 43.4 Å². The van der Waals surface area contributed by atoms with Gasteiger partial charge in [0.05, 0.1) is 24.0 Å². The minimum absolute atomic E-state index is 0.0580. The Morgan fingerprint density at radius 1 is 1.06 bits per heavy atom. The molecular weight excluding hydrogens is 663 g/mol. The van der Waals surface area contributed by atoms with Crippen LogP contribution in [-0.2, 0) is 14.3 Å².